The molecule has 0 spiro atoms. The molecule has 0 saturated carbocycles. The summed E-state index contributed by atoms with van der Waals surface area (Å²) < 4.78 is 0. The first-order valence-electron chi connectivity index (χ1n) is 3.78. The van der Waals surface area contributed by atoms with Crippen LogP contribution in [0, 0.1) is 0 Å². The zero-order chi connectivity index (χ0) is 8.72. The third-order valence-corrected chi connectivity index (χ3v) is 2.04. The summed E-state index contributed by atoms with van der Waals surface area (Å²) in [6, 6.07) is 0. The van der Waals surface area contributed by atoms with Gasteiger partial charge in [-0.15, -0.1) is 0 Å². The van der Waals surface area contributed by atoms with Crippen LogP contribution >= 0.6 is 0 Å². The van der Waals surface area contributed by atoms with Gasteiger partial charge in [0.2, 0.25) is 0 Å². The molecular weight excluding hydrogens is 283 g/mol. The molecule has 2 aliphatic heterocycles. The Hall–Kier alpha value is -0.630. The lowest BCUT2D eigenvalue weighted by Gasteiger charge is -2.12. The van der Waals surface area contributed by atoms with E-state index in [1.165, 1.54) is 5.32 Å². The van der Waals surface area contributed by atoms with Gasteiger partial charge in [-0.3, -0.25) is 0 Å². The van der Waals surface area contributed by atoms with Crippen molar-refractivity contribution in [3.05, 3.63) is 11.5 Å². The second-order valence-electron chi connectivity index (χ2n) is 3.02. The Morgan fingerprint density at radius 1 is 1.46 bits per heavy atom. The van der Waals surface area contributed by atoms with E-state index < -0.39 is 0 Å². The van der Waals surface area contributed by atoms with Gasteiger partial charge < -0.3 is 33.8 Å². The summed E-state index contributed by atoms with van der Waals surface area (Å²) in [6.07, 6.45) is 1.55. The molecule has 0 aliphatic carbocycles. The molecule has 0 aromatic rings. The lowest BCUT2D eigenvalue weighted by Crippen LogP contribution is -3.00. The summed E-state index contributed by atoms with van der Waals surface area (Å²) in [7, 11) is 3.82. The van der Waals surface area contributed by atoms with Gasteiger partial charge in [-0.25, -0.2) is 10.1 Å². The Bertz CT molecular complexity index is 299. The highest BCUT2D eigenvalue weighted by molar-refractivity contribution is 5.91. The number of aliphatic imine (C=N–C) groups is 1. The molecule has 2 heterocycles. The van der Waals surface area contributed by atoms with Crippen LogP contribution < -0.4 is 29.3 Å². The molecule has 2 rings (SSSR count). The molecular formula is C7H11IN4O. The first kappa shape index (κ1) is 10.5. The third kappa shape index (κ3) is 1.55. The SMILES string of the molecule is CN1CN(C)C2=C1N=C[NH2+]C2=O.[I-]. The Kier molecular flexibility index (Phi) is 2.91. The van der Waals surface area contributed by atoms with E-state index in [1.807, 2.05) is 23.9 Å². The maximum atomic E-state index is 11.4. The number of nitrogens with two attached hydrogens (primary N) is 1. The van der Waals surface area contributed by atoms with E-state index in [0.717, 1.165) is 12.5 Å². The van der Waals surface area contributed by atoms with Crippen LogP contribution in [-0.4, -0.2) is 42.8 Å². The molecule has 0 atom stereocenters. The number of carbonyl (C=O) groups is 1. The number of hydrogen-bond acceptors (Lipinski definition) is 4. The van der Waals surface area contributed by atoms with Crippen molar-refractivity contribution in [1.29, 1.82) is 0 Å². The van der Waals surface area contributed by atoms with E-state index in [0.29, 0.717) is 5.70 Å². The number of likely N-dealkylation sites (N-methyl/N-ethyl adjacent to an activating group) is 1. The van der Waals surface area contributed by atoms with Gasteiger partial charge in [0.05, 0.1) is 6.67 Å². The van der Waals surface area contributed by atoms with Gasteiger partial charge in [0.15, 0.2) is 17.9 Å². The monoisotopic (exact) mass is 294 g/mol. The predicted octanol–water partition coefficient (Wildman–Crippen LogP) is -4.87. The van der Waals surface area contributed by atoms with Crippen molar-refractivity contribution in [2.24, 2.45) is 4.99 Å². The summed E-state index contributed by atoms with van der Waals surface area (Å²) in [6.45, 7) is 0.738. The Labute approximate surface area is 93.5 Å². The van der Waals surface area contributed by atoms with Crippen LogP contribution in [0.4, 0.5) is 0 Å². The molecule has 0 saturated heterocycles. The van der Waals surface area contributed by atoms with Gasteiger partial charge in [-0.2, -0.15) is 4.99 Å². The summed E-state index contributed by atoms with van der Waals surface area (Å²) >= 11 is 0. The maximum Gasteiger partial charge on any atom is 0.368 e. The zero-order valence-electron chi connectivity index (χ0n) is 7.49. The van der Waals surface area contributed by atoms with Gasteiger partial charge in [0, 0.05) is 14.1 Å². The third-order valence-electron chi connectivity index (χ3n) is 2.04. The van der Waals surface area contributed by atoms with E-state index in [2.05, 4.69) is 4.99 Å². The first-order valence-corrected chi connectivity index (χ1v) is 3.78. The van der Waals surface area contributed by atoms with Crippen molar-refractivity contribution in [2.45, 2.75) is 0 Å². The summed E-state index contributed by atoms with van der Waals surface area (Å²) in [5, 5.41) is 1.49. The second-order valence-corrected chi connectivity index (χ2v) is 3.02. The fourth-order valence-electron chi connectivity index (χ4n) is 1.52. The molecule has 0 unspecified atom stereocenters. The van der Waals surface area contributed by atoms with Crippen LogP contribution in [0.3, 0.4) is 0 Å². The Morgan fingerprint density at radius 2 is 2.15 bits per heavy atom. The lowest BCUT2D eigenvalue weighted by molar-refractivity contribution is -0.441. The maximum absolute atomic E-state index is 11.4. The minimum atomic E-state index is 0. The number of quaternary nitrogens is 1. The predicted molar refractivity (Wildman–Crippen MR) is 42.8 cm³/mol. The van der Waals surface area contributed by atoms with Gasteiger partial charge >= 0.3 is 5.91 Å². The van der Waals surface area contributed by atoms with Crippen molar-refractivity contribution >= 4 is 12.2 Å². The largest absolute Gasteiger partial charge is 1.00 e. The smallest absolute Gasteiger partial charge is 0.368 e. The standard InChI is InChI=1S/C7H10N4O.HI/c1-10-4-11(2)6-5(10)7(12)9-3-8-6;/h3H,4H2,1-2H3,(H,8,9,12);1H. The van der Waals surface area contributed by atoms with E-state index in [-0.39, 0.29) is 29.9 Å². The molecule has 6 heteroatoms. The lowest BCUT2D eigenvalue weighted by atomic mass is 10.3. The normalized spacial score (nSPS) is 20.6. The highest BCUT2D eigenvalue weighted by Gasteiger charge is 2.33. The number of rotatable bonds is 0. The summed E-state index contributed by atoms with van der Waals surface area (Å²) in [5.74, 6) is 0.830. The molecule has 0 aromatic carbocycles. The van der Waals surface area contributed by atoms with Crippen molar-refractivity contribution < 1.29 is 34.1 Å². The van der Waals surface area contributed by atoms with Gasteiger partial charge in [-0.1, -0.05) is 0 Å². The van der Waals surface area contributed by atoms with Crippen molar-refractivity contribution in [2.75, 3.05) is 20.8 Å². The summed E-state index contributed by atoms with van der Waals surface area (Å²) in [4.78, 5) is 19.4. The quantitative estimate of drug-likeness (QED) is 0.456. The van der Waals surface area contributed by atoms with Crippen LogP contribution in [0.5, 0.6) is 0 Å². The fourth-order valence-corrected chi connectivity index (χ4v) is 1.52. The molecule has 0 radical (unpaired) electrons. The van der Waals surface area contributed by atoms with Crippen LogP contribution in [0.2, 0.25) is 0 Å². The average Bonchev–Trinajstić information content (AvgIpc) is 2.29. The minimum absolute atomic E-state index is 0. The molecule has 5 nitrogen and oxygen atoms in total. The van der Waals surface area contributed by atoms with Crippen molar-refractivity contribution in [3.8, 4) is 0 Å². The number of nitrogens with zero attached hydrogens (tertiary/aromatic N) is 3. The molecule has 0 aromatic heterocycles. The molecule has 13 heavy (non-hydrogen) atoms. The van der Waals surface area contributed by atoms with Crippen molar-refractivity contribution in [1.82, 2.24) is 9.80 Å². The van der Waals surface area contributed by atoms with Gasteiger partial charge in [0.1, 0.15) is 0 Å². The van der Waals surface area contributed by atoms with Gasteiger partial charge in [0.25, 0.3) is 0 Å². The van der Waals surface area contributed by atoms with Crippen LogP contribution in [-0.2, 0) is 4.79 Å². The van der Waals surface area contributed by atoms with Crippen LogP contribution in [0.1, 0.15) is 0 Å². The molecule has 72 valence electrons. The topological polar surface area (TPSA) is 52.5 Å². The number of carbonyl (C=O) groups excluding carboxylic acids is 1. The number of primary amides is 1. The van der Waals surface area contributed by atoms with E-state index in [9.17, 15) is 4.79 Å². The Morgan fingerprint density at radius 3 is 2.77 bits per heavy atom. The fraction of sp³-hybridized carbons (Fsp3) is 0.429. The van der Waals surface area contributed by atoms with E-state index >= 15 is 0 Å². The minimum Gasteiger partial charge on any atom is -1.00 e. The average molecular weight is 294 g/mol. The van der Waals surface area contributed by atoms with E-state index in [1.54, 1.807) is 6.34 Å². The van der Waals surface area contributed by atoms with Crippen molar-refractivity contribution in [3.63, 3.8) is 0 Å². The molecule has 2 N–H and O–H groups in total. The van der Waals surface area contributed by atoms with Gasteiger partial charge in [-0.05, 0) is 0 Å². The first-order chi connectivity index (χ1) is 5.70. The number of hydrogen-bond donors (Lipinski definition) is 1. The van der Waals surface area contributed by atoms with Crippen LogP contribution in [0.25, 0.3) is 0 Å². The molecule has 0 fully saturated rings. The zero-order valence-corrected chi connectivity index (χ0v) is 9.65. The van der Waals surface area contributed by atoms with E-state index in [4.69, 9.17) is 0 Å². The Balaban J connectivity index is 0.000000845. The molecule has 2 aliphatic rings. The highest BCUT2D eigenvalue weighted by atomic mass is 127. The van der Waals surface area contributed by atoms with Crippen LogP contribution in [0.15, 0.2) is 16.5 Å². The number of amides is 1. The highest BCUT2D eigenvalue weighted by Crippen LogP contribution is 2.21. The summed E-state index contributed by atoms with van der Waals surface area (Å²) in [5.41, 5.74) is 0.708. The number of halogens is 1. The molecule has 1 amide bonds. The second kappa shape index (κ2) is 3.62. The molecule has 0 bridgehead atoms.